The Bertz CT molecular complexity index is 1270. The molecule has 4 rings (SSSR count). The van der Waals surface area contributed by atoms with Gasteiger partial charge in [-0.25, -0.2) is 15.0 Å². The van der Waals surface area contributed by atoms with Gasteiger partial charge in [0, 0.05) is 35.4 Å². The molecular formula is C24H24ClN7OS. The van der Waals surface area contributed by atoms with E-state index < -0.39 is 0 Å². The van der Waals surface area contributed by atoms with Crippen LogP contribution in [0, 0.1) is 0 Å². The van der Waals surface area contributed by atoms with Crippen LogP contribution < -0.4 is 21.7 Å². The summed E-state index contributed by atoms with van der Waals surface area (Å²) in [6.45, 7) is 3.61. The lowest BCUT2D eigenvalue weighted by molar-refractivity contribution is 0.102. The molecule has 10 heteroatoms. The summed E-state index contributed by atoms with van der Waals surface area (Å²) in [7, 11) is 0. The minimum absolute atomic E-state index is 0.272. The molecule has 8 nitrogen and oxygen atoms in total. The van der Waals surface area contributed by atoms with E-state index in [-0.39, 0.29) is 11.7 Å². The molecular weight excluding hydrogens is 470 g/mol. The molecule has 1 aliphatic rings. The first-order valence-electron chi connectivity index (χ1n) is 10.6. The number of anilines is 2. The minimum atomic E-state index is -0.279. The lowest BCUT2D eigenvalue weighted by atomic mass is 10.2. The van der Waals surface area contributed by atoms with E-state index in [9.17, 15) is 4.79 Å². The number of benzene rings is 2. The maximum absolute atomic E-state index is 12.6. The van der Waals surface area contributed by atoms with Crippen LogP contribution in [0.2, 0.25) is 5.02 Å². The standard InChI is InChI=1S/C24H24ClN7OS/c1-15(26)12-20(27)29-21-14-22(32-10-5-11-32)31-24(30-21)34-17-7-4-6-16(13-17)28-23(33)18-8-2-3-9-19(18)25/h2-4,6-9,12-14H,5,10-11,26H2,1H3,(H,28,33)(H2,27,29,30,31). The lowest BCUT2D eigenvalue weighted by Crippen LogP contribution is -2.37. The van der Waals surface area contributed by atoms with E-state index in [1.165, 1.54) is 11.8 Å². The van der Waals surface area contributed by atoms with Crippen molar-refractivity contribution in [3.05, 3.63) is 77.0 Å². The average molecular weight is 494 g/mol. The van der Waals surface area contributed by atoms with Crippen molar-refractivity contribution in [2.45, 2.75) is 23.4 Å². The SMILES string of the molecule is CC(N)=CC(N)=Nc1cc(N2CCC2)nc(Sc2cccc(NC(=O)c3ccccc3Cl)c2)n1. The Morgan fingerprint density at radius 1 is 1.15 bits per heavy atom. The van der Waals surface area contributed by atoms with Gasteiger partial charge in [-0.15, -0.1) is 0 Å². The minimum Gasteiger partial charge on any atom is -0.402 e. The molecule has 0 saturated carbocycles. The van der Waals surface area contributed by atoms with Crippen LogP contribution in [0.25, 0.3) is 0 Å². The number of amidine groups is 1. The van der Waals surface area contributed by atoms with E-state index in [0.29, 0.717) is 32.9 Å². The predicted molar refractivity (Wildman–Crippen MR) is 138 cm³/mol. The fraction of sp³-hybridized carbons (Fsp3) is 0.167. The van der Waals surface area contributed by atoms with Gasteiger partial charge in [0.25, 0.3) is 5.91 Å². The zero-order valence-electron chi connectivity index (χ0n) is 18.5. The molecule has 1 aromatic heterocycles. The fourth-order valence-electron chi connectivity index (χ4n) is 3.20. The van der Waals surface area contributed by atoms with Gasteiger partial charge < -0.3 is 21.7 Å². The molecule has 1 fully saturated rings. The highest BCUT2D eigenvalue weighted by atomic mass is 35.5. The number of carbonyl (C=O) groups is 1. The van der Waals surface area contributed by atoms with Gasteiger partial charge in [0.2, 0.25) is 0 Å². The number of aromatic nitrogens is 2. The number of amides is 1. The number of nitrogens with two attached hydrogens (primary N) is 2. The van der Waals surface area contributed by atoms with Crippen LogP contribution in [0.5, 0.6) is 0 Å². The molecule has 2 heterocycles. The molecule has 5 N–H and O–H groups in total. The molecule has 1 aliphatic heterocycles. The molecule has 0 aliphatic carbocycles. The summed E-state index contributed by atoms with van der Waals surface area (Å²) in [6.07, 6.45) is 2.71. The van der Waals surface area contributed by atoms with E-state index >= 15 is 0 Å². The number of carbonyl (C=O) groups excluding carboxylic acids is 1. The number of rotatable bonds is 7. The maximum atomic E-state index is 12.6. The normalized spacial score (nSPS) is 14.0. The second-order valence-corrected chi connectivity index (χ2v) is 9.14. The quantitative estimate of drug-likeness (QED) is 0.250. The van der Waals surface area contributed by atoms with Gasteiger partial charge in [-0.3, -0.25) is 4.79 Å². The van der Waals surface area contributed by atoms with Crippen LogP contribution in [0.3, 0.4) is 0 Å². The Morgan fingerprint density at radius 3 is 2.65 bits per heavy atom. The van der Waals surface area contributed by atoms with Crippen molar-refractivity contribution in [3.63, 3.8) is 0 Å². The third-order valence-corrected chi connectivity index (χ3v) is 6.08. The summed E-state index contributed by atoms with van der Waals surface area (Å²) < 4.78 is 0. The van der Waals surface area contributed by atoms with Gasteiger partial charge in [-0.2, -0.15) is 0 Å². The van der Waals surface area contributed by atoms with Crippen molar-refractivity contribution < 1.29 is 4.79 Å². The Balaban J connectivity index is 1.57. The molecule has 1 saturated heterocycles. The number of hydrogen-bond acceptors (Lipinski definition) is 7. The molecule has 0 radical (unpaired) electrons. The summed E-state index contributed by atoms with van der Waals surface area (Å²) in [5.41, 5.74) is 13.3. The third-order valence-electron chi connectivity index (χ3n) is 4.90. The predicted octanol–water partition coefficient (Wildman–Crippen LogP) is 4.59. The first-order valence-corrected chi connectivity index (χ1v) is 11.8. The van der Waals surface area contributed by atoms with E-state index in [0.717, 1.165) is 30.2 Å². The highest BCUT2D eigenvalue weighted by Crippen LogP contribution is 2.31. The van der Waals surface area contributed by atoms with Crippen molar-refractivity contribution in [2.75, 3.05) is 23.3 Å². The number of aliphatic imine (C=N–C) groups is 1. The smallest absolute Gasteiger partial charge is 0.257 e. The summed E-state index contributed by atoms with van der Waals surface area (Å²) in [4.78, 5) is 29.3. The van der Waals surface area contributed by atoms with E-state index in [1.54, 1.807) is 37.3 Å². The molecule has 0 bridgehead atoms. The topological polar surface area (TPSA) is 123 Å². The van der Waals surface area contributed by atoms with Crippen molar-refractivity contribution in [1.82, 2.24) is 9.97 Å². The number of nitrogens with zero attached hydrogens (tertiary/aromatic N) is 4. The molecule has 3 aromatic rings. The van der Waals surface area contributed by atoms with Crippen LogP contribution in [0.15, 0.2) is 81.4 Å². The second-order valence-electron chi connectivity index (χ2n) is 7.70. The van der Waals surface area contributed by atoms with E-state index in [2.05, 4.69) is 20.2 Å². The van der Waals surface area contributed by atoms with Gasteiger partial charge in [0.05, 0.1) is 10.6 Å². The van der Waals surface area contributed by atoms with Gasteiger partial charge in [-0.05, 0) is 61.5 Å². The van der Waals surface area contributed by atoms with Crippen LogP contribution in [-0.2, 0) is 0 Å². The van der Waals surface area contributed by atoms with Crippen LogP contribution in [0.1, 0.15) is 23.7 Å². The van der Waals surface area contributed by atoms with E-state index in [4.69, 9.17) is 28.1 Å². The zero-order valence-corrected chi connectivity index (χ0v) is 20.1. The molecule has 1 amide bonds. The Hall–Kier alpha value is -3.56. The molecule has 2 aromatic carbocycles. The Morgan fingerprint density at radius 2 is 1.94 bits per heavy atom. The summed E-state index contributed by atoms with van der Waals surface area (Å²) in [5, 5.41) is 3.81. The largest absolute Gasteiger partial charge is 0.402 e. The summed E-state index contributed by atoms with van der Waals surface area (Å²) >= 11 is 7.52. The van der Waals surface area contributed by atoms with Gasteiger partial charge in [0.1, 0.15) is 11.7 Å². The first kappa shape index (κ1) is 23.6. The molecule has 174 valence electrons. The van der Waals surface area contributed by atoms with Crippen molar-refractivity contribution in [3.8, 4) is 0 Å². The highest BCUT2D eigenvalue weighted by molar-refractivity contribution is 7.99. The van der Waals surface area contributed by atoms with Crippen molar-refractivity contribution in [1.29, 1.82) is 0 Å². The third kappa shape index (κ3) is 6.06. The van der Waals surface area contributed by atoms with Crippen molar-refractivity contribution in [2.24, 2.45) is 16.5 Å². The van der Waals surface area contributed by atoms with Gasteiger partial charge in [-0.1, -0.05) is 29.8 Å². The molecule has 34 heavy (non-hydrogen) atoms. The Kier molecular flexibility index (Phi) is 7.34. The Labute approximate surface area is 207 Å². The van der Waals surface area contributed by atoms with Gasteiger partial charge in [0.15, 0.2) is 11.0 Å². The molecule has 0 atom stereocenters. The summed E-state index contributed by atoms with van der Waals surface area (Å²) in [6, 6.07) is 16.2. The summed E-state index contributed by atoms with van der Waals surface area (Å²) in [5.74, 6) is 1.25. The fourth-order valence-corrected chi connectivity index (χ4v) is 4.24. The second kappa shape index (κ2) is 10.6. The highest BCUT2D eigenvalue weighted by Gasteiger charge is 2.18. The monoisotopic (exact) mass is 493 g/mol. The lowest BCUT2D eigenvalue weighted by Gasteiger charge is -2.32. The zero-order chi connectivity index (χ0) is 24.1. The van der Waals surface area contributed by atoms with Crippen LogP contribution >= 0.6 is 23.4 Å². The average Bonchev–Trinajstić information content (AvgIpc) is 2.72. The molecule has 0 unspecified atom stereocenters. The van der Waals surface area contributed by atoms with Crippen molar-refractivity contribution >= 4 is 52.4 Å². The van der Waals surface area contributed by atoms with E-state index in [1.807, 2.05) is 30.3 Å². The van der Waals surface area contributed by atoms with Gasteiger partial charge >= 0.3 is 0 Å². The van der Waals surface area contributed by atoms with Crippen LogP contribution in [0.4, 0.5) is 17.3 Å². The number of hydrogen-bond donors (Lipinski definition) is 3. The molecule has 0 spiro atoms. The van der Waals surface area contributed by atoms with Crippen LogP contribution in [-0.4, -0.2) is 34.8 Å². The number of nitrogens with one attached hydrogen (secondary N) is 1. The maximum Gasteiger partial charge on any atom is 0.257 e. The number of allylic oxidation sites excluding steroid dienone is 1. The number of halogens is 1. The first-order chi connectivity index (χ1) is 16.4.